The van der Waals surface area contributed by atoms with E-state index in [1.54, 1.807) is 0 Å². The third-order valence-corrected chi connectivity index (χ3v) is 4.01. The molecular formula is C16H25N. The zero-order valence-corrected chi connectivity index (χ0v) is 11.2. The molecule has 1 aliphatic carbocycles. The summed E-state index contributed by atoms with van der Waals surface area (Å²) in [7, 11) is 4.39. The van der Waals surface area contributed by atoms with Crippen LogP contribution in [0.3, 0.4) is 0 Å². The number of benzene rings is 1. The zero-order chi connectivity index (χ0) is 12.1. The van der Waals surface area contributed by atoms with Crippen molar-refractivity contribution in [2.45, 2.75) is 38.0 Å². The summed E-state index contributed by atoms with van der Waals surface area (Å²) in [6.07, 6.45) is 7.16. The van der Waals surface area contributed by atoms with Crippen molar-refractivity contribution in [1.29, 1.82) is 0 Å². The highest BCUT2D eigenvalue weighted by Crippen LogP contribution is 2.36. The zero-order valence-electron chi connectivity index (χ0n) is 11.2. The van der Waals surface area contributed by atoms with Gasteiger partial charge in [0.1, 0.15) is 0 Å². The molecule has 1 aromatic carbocycles. The molecular weight excluding hydrogens is 206 g/mol. The molecule has 1 fully saturated rings. The monoisotopic (exact) mass is 231 g/mol. The van der Waals surface area contributed by atoms with Crippen LogP contribution in [0.25, 0.3) is 0 Å². The second kappa shape index (κ2) is 6.20. The van der Waals surface area contributed by atoms with Gasteiger partial charge >= 0.3 is 0 Å². The molecule has 17 heavy (non-hydrogen) atoms. The van der Waals surface area contributed by atoms with E-state index in [2.05, 4.69) is 49.3 Å². The van der Waals surface area contributed by atoms with E-state index in [9.17, 15) is 0 Å². The molecule has 1 heteroatoms. The second-order valence-electron chi connectivity index (χ2n) is 5.68. The Bertz CT molecular complexity index is 312. The van der Waals surface area contributed by atoms with Gasteiger partial charge in [0.25, 0.3) is 0 Å². The Labute approximate surface area is 106 Å². The van der Waals surface area contributed by atoms with E-state index in [0.717, 1.165) is 11.8 Å². The van der Waals surface area contributed by atoms with Gasteiger partial charge in [-0.2, -0.15) is 0 Å². The minimum atomic E-state index is 0.728. The van der Waals surface area contributed by atoms with Crippen LogP contribution in [0.2, 0.25) is 0 Å². The van der Waals surface area contributed by atoms with E-state index in [1.165, 1.54) is 44.2 Å². The first-order chi connectivity index (χ1) is 8.27. The number of nitrogens with zero attached hydrogens (tertiary/aromatic N) is 1. The van der Waals surface area contributed by atoms with Crippen molar-refractivity contribution in [3.05, 3.63) is 35.9 Å². The largest absolute Gasteiger partial charge is 0.309 e. The quantitative estimate of drug-likeness (QED) is 0.759. The Balaban J connectivity index is 2.12. The second-order valence-corrected chi connectivity index (χ2v) is 5.68. The molecule has 0 saturated heterocycles. The summed E-state index contributed by atoms with van der Waals surface area (Å²) >= 11 is 0. The summed E-state index contributed by atoms with van der Waals surface area (Å²) in [5.41, 5.74) is 1.54. The highest BCUT2D eigenvalue weighted by Gasteiger charge is 2.25. The topological polar surface area (TPSA) is 3.24 Å². The fraction of sp³-hybridized carbons (Fsp3) is 0.625. The molecule has 1 nitrogen and oxygen atoms in total. The van der Waals surface area contributed by atoms with Crippen LogP contribution in [0.15, 0.2) is 30.3 Å². The molecule has 0 heterocycles. The highest BCUT2D eigenvalue weighted by atomic mass is 15.1. The molecule has 0 spiro atoms. The molecule has 1 aliphatic rings. The van der Waals surface area contributed by atoms with Crippen molar-refractivity contribution in [2.75, 3.05) is 20.6 Å². The van der Waals surface area contributed by atoms with Crippen LogP contribution in [-0.2, 0) is 0 Å². The average molecular weight is 231 g/mol. The van der Waals surface area contributed by atoms with Crippen molar-refractivity contribution in [2.24, 2.45) is 5.92 Å². The van der Waals surface area contributed by atoms with Crippen LogP contribution < -0.4 is 0 Å². The van der Waals surface area contributed by atoms with Gasteiger partial charge in [-0.3, -0.25) is 0 Å². The molecule has 1 unspecified atom stereocenters. The molecule has 1 atom stereocenters. The normalized spacial score (nSPS) is 19.5. The molecule has 2 rings (SSSR count). The van der Waals surface area contributed by atoms with E-state index < -0.39 is 0 Å². The van der Waals surface area contributed by atoms with E-state index in [4.69, 9.17) is 0 Å². The van der Waals surface area contributed by atoms with Crippen LogP contribution in [0.5, 0.6) is 0 Å². The predicted molar refractivity (Wildman–Crippen MR) is 74.3 cm³/mol. The Morgan fingerprint density at radius 3 is 2.29 bits per heavy atom. The molecule has 1 aromatic rings. The standard InChI is InChI=1S/C16H25N/c1-17(2)13-16(14-9-5-3-6-10-14)15-11-7-4-8-12-15/h3,5-6,9-10,15-16H,4,7-8,11-13H2,1-2H3. The first-order valence-corrected chi connectivity index (χ1v) is 6.97. The van der Waals surface area contributed by atoms with E-state index in [1.807, 2.05) is 0 Å². The summed E-state index contributed by atoms with van der Waals surface area (Å²) in [5, 5.41) is 0. The Morgan fingerprint density at radius 2 is 1.71 bits per heavy atom. The molecule has 0 aromatic heterocycles. The molecule has 0 amide bonds. The Hall–Kier alpha value is -0.820. The number of likely N-dealkylation sites (N-methyl/N-ethyl adjacent to an activating group) is 1. The van der Waals surface area contributed by atoms with Gasteiger partial charge in [0, 0.05) is 6.54 Å². The van der Waals surface area contributed by atoms with Crippen LogP contribution in [0.4, 0.5) is 0 Å². The lowest BCUT2D eigenvalue weighted by Crippen LogP contribution is -2.27. The van der Waals surface area contributed by atoms with Crippen LogP contribution >= 0.6 is 0 Å². The first-order valence-electron chi connectivity index (χ1n) is 6.97. The molecule has 1 saturated carbocycles. The number of rotatable bonds is 4. The van der Waals surface area contributed by atoms with Crippen molar-refractivity contribution in [3.63, 3.8) is 0 Å². The fourth-order valence-electron chi connectivity index (χ4n) is 3.16. The third kappa shape index (κ3) is 3.57. The molecule has 0 radical (unpaired) electrons. The minimum absolute atomic E-state index is 0.728. The lowest BCUT2D eigenvalue weighted by atomic mass is 9.76. The van der Waals surface area contributed by atoms with Crippen molar-refractivity contribution in [3.8, 4) is 0 Å². The van der Waals surface area contributed by atoms with Crippen molar-refractivity contribution in [1.82, 2.24) is 4.90 Å². The van der Waals surface area contributed by atoms with Crippen molar-refractivity contribution >= 4 is 0 Å². The van der Waals surface area contributed by atoms with Gasteiger partial charge in [-0.15, -0.1) is 0 Å². The maximum atomic E-state index is 2.34. The maximum Gasteiger partial charge on any atom is 0.00468 e. The van der Waals surface area contributed by atoms with Gasteiger partial charge in [-0.1, -0.05) is 49.6 Å². The summed E-state index contributed by atoms with van der Waals surface area (Å²) in [6, 6.07) is 11.1. The first kappa shape index (κ1) is 12.6. The van der Waals surface area contributed by atoms with Crippen LogP contribution in [0.1, 0.15) is 43.6 Å². The average Bonchev–Trinajstić information content (AvgIpc) is 2.38. The molecule has 94 valence electrons. The van der Waals surface area contributed by atoms with Gasteiger partial charge < -0.3 is 4.90 Å². The predicted octanol–water partition coefficient (Wildman–Crippen LogP) is 3.91. The minimum Gasteiger partial charge on any atom is -0.309 e. The fourth-order valence-corrected chi connectivity index (χ4v) is 3.16. The Morgan fingerprint density at radius 1 is 1.06 bits per heavy atom. The lowest BCUT2D eigenvalue weighted by molar-refractivity contribution is 0.253. The summed E-state index contributed by atoms with van der Waals surface area (Å²) in [4.78, 5) is 2.34. The maximum absolute atomic E-state index is 2.34. The number of hydrogen-bond donors (Lipinski definition) is 0. The smallest absolute Gasteiger partial charge is 0.00468 e. The van der Waals surface area contributed by atoms with E-state index in [0.29, 0.717) is 0 Å². The summed E-state index contributed by atoms with van der Waals surface area (Å²) in [5.74, 6) is 1.63. The molecule has 0 bridgehead atoms. The van der Waals surface area contributed by atoms with Crippen molar-refractivity contribution < 1.29 is 0 Å². The van der Waals surface area contributed by atoms with E-state index in [-0.39, 0.29) is 0 Å². The van der Waals surface area contributed by atoms with Gasteiger partial charge in [-0.05, 0) is 44.3 Å². The molecule has 0 N–H and O–H groups in total. The van der Waals surface area contributed by atoms with Gasteiger partial charge in [0.05, 0.1) is 0 Å². The molecule has 0 aliphatic heterocycles. The van der Waals surface area contributed by atoms with Gasteiger partial charge in [-0.25, -0.2) is 0 Å². The van der Waals surface area contributed by atoms with Crippen LogP contribution in [0, 0.1) is 5.92 Å². The summed E-state index contributed by atoms with van der Waals surface area (Å²) in [6.45, 7) is 1.19. The van der Waals surface area contributed by atoms with Gasteiger partial charge in [0.15, 0.2) is 0 Å². The summed E-state index contributed by atoms with van der Waals surface area (Å²) < 4.78 is 0. The highest BCUT2D eigenvalue weighted by molar-refractivity contribution is 5.21. The van der Waals surface area contributed by atoms with E-state index >= 15 is 0 Å². The SMILES string of the molecule is CN(C)CC(c1ccccc1)C1CCCCC1. The lowest BCUT2D eigenvalue weighted by Gasteiger charge is -2.32. The number of hydrogen-bond acceptors (Lipinski definition) is 1. The Kier molecular flexibility index (Phi) is 4.61. The van der Waals surface area contributed by atoms with Crippen LogP contribution in [-0.4, -0.2) is 25.5 Å². The third-order valence-electron chi connectivity index (χ3n) is 4.01. The van der Waals surface area contributed by atoms with Gasteiger partial charge in [0.2, 0.25) is 0 Å².